The predicted octanol–water partition coefficient (Wildman–Crippen LogP) is 1.26. The lowest BCUT2D eigenvalue weighted by atomic mass is 10.0. The van der Waals surface area contributed by atoms with Gasteiger partial charge in [0.25, 0.3) is 0 Å². The van der Waals surface area contributed by atoms with Crippen molar-refractivity contribution in [2.45, 2.75) is 18.6 Å². The monoisotopic (exact) mass is 329 g/mol. The van der Waals surface area contributed by atoms with Crippen LogP contribution in [0, 0.1) is 0 Å². The Labute approximate surface area is 128 Å². The van der Waals surface area contributed by atoms with Gasteiger partial charge in [0.05, 0.1) is 6.54 Å². The van der Waals surface area contributed by atoms with Crippen LogP contribution in [0.2, 0.25) is 0 Å². The minimum absolute atomic E-state index is 0.210. The van der Waals surface area contributed by atoms with Crippen LogP contribution in [0.1, 0.15) is 11.3 Å². The van der Waals surface area contributed by atoms with E-state index in [2.05, 4.69) is 10.3 Å². The molecule has 6 nitrogen and oxygen atoms in total. The fourth-order valence-corrected chi connectivity index (χ4v) is 2.31. The van der Waals surface area contributed by atoms with E-state index in [9.17, 15) is 22.8 Å². The van der Waals surface area contributed by atoms with E-state index in [4.69, 9.17) is 10.8 Å². The number of carboxylic acid groups (broad SMARTS) is 1. The molecule has 0 aliphatic carbocycles. The molecule has 0 bridgehead atoms. The van der Waals surface area contributed by atoms with Gasteiger partial charge in [-0.1, -0.05) is 18.2 Å². The van der Waals surface area contributed by atoms with Crippen LogP contribution in [-0.2, 0) is 22.2 Å². The highest BCUT2D eigenvalue weighted by Crippen LogP contribution is 2.36. The largest absolute Gasteiger partial charge is 0.480 e. The number of amides is 1. The zero-order valence-corrected chi connectivity index (χ0v) is 11.8. The third-order valence-corrected chi connectivity index (χ3v) is 3.32. The van der Waals surface area contributed by atoms with Crippen molar-refractivity contribution in [2.75, 3.05) is 6.54 Å². The molecule has 1 heterocycles. The molecule has 0 fully saturated rings. The van der Waals surface area contributed by atoms with Crippen LogP contribution in [-0.4, -0.2) is 34.6 Å². The summed E-state index contributed by atoms with van der Waals surface area (Å²) < 4.78 is 39.5. The van der Waals surface area contributed by atoms with E-state index in [-0.39, 0.29) is 16.5 Å². The number of rotatable bonds is 5. The van der Waals surface area contributed by atoms with Gasteiger partial charge in [0.1, 0.15) is 11.7 Å². The topological polar surface area (TPSA) is 108 Å². The number of aliphatic carboxylic acids is 1. The average Bonchev–Trinajstić information content (AvgIpc) is 2.85. The Kier molecular flexibility index (Phi) is 4.60. The minimum Gasteiger partial charge on any atom is -0.480 e. The fourth-order valence-electron chi connectivity index (χ4n) is 2.31. The summed E-state index contributed by atoms with van der Waals surface area (Å²) in [6, 6.07) is 4.52. The Morgan fingerprint density at radius 3 is 2.52 bits per heavy atom. The van der Waals surface area contributed by atoms with Crippen LogP contribution in [0.15, 0.2) is 24.3 Å². The normalized spacial score (nSPS) is 13.0. The van der Waals surface area contributed by atoms with E-state index in [0.717, 1.165) is 0 Å². The van der Waals surface area contributed by atoms with Gasteiger partial charge in [0.15, 0.2) is 0 Å². The molecule has 5 N–H and O–H groups in total. The number of carboxylic acids is 1. The fraction of sp³-hybridized carbons (Fsp3) is 0.286. The van der Waals surface area contributed by atoms with E-state index >= 15 is 0 Å². The van der Waals surface area contributed by atoms with Gasteiger partial charge in [-0.15, -0.1) is 0 Å². The smallest absolute Gasteiger partial charge is 0.431 e. The molecule has 0 spiro atoms. The summed E-state index contributed by atoms with van der Waals surface area (Å²) in [6.45, 7) is -0.455. The molecule has 0 aliphatic heterocycles. The third kappa shape index (κ3) is 3.62. The number of aromatic nitrogens is 1. The second kappa shape index (κ2) is 6.29. The van der Waals surface area contributed by atoms with Crippen LogP contribution in [0.4, 0.5) is 13.2 Å². The van der Waals surface area contributed by atoms with Crippen molar-refractivity contribution in [2.24, 2.45) is 5.73 Å². The van der Waals surface area contributed by atoms with Crippen molar-refractivity contribution in [3.05, 3.63) is 35.5 Å². The number of benzene rings is 1. The number of nitrogens with two attached hydrogens (primary N) is 1. The first-order valence-electron chi connectivity index (χ1n) is 6.63. The van der Waals surface area contributed by atoms with Crippen molar-refractivity contribution >= 4 is 22.8 Å². The van der Waals surface area contributed by atoms with Crippen LogP contribution in [0.3, 0.4) is 0 Å². The first-order chi connectivity index (χ1) is 10.7. The summed E-state index contributed by atoms with van der Waals surface area (Å²) >= 11 is 0. The molecule has 0 saturated heterocycles. The summed E-state index contributed by atoms with van der Waals surface area (Å²) in [5.74, 6) is -2.20. The zero-order valence-electron chi connectivity index (χ0n) is 11.8. The SMILES string of the molecule is NCC(=O)NC(Cc1c(C(F)(F)F)[nH]c2ccccc12)C(=O)O. The standard InChI is InChI=1S/C14H14F3N3O3/c15-14(16,17)12-8(7-3-1-2-4-9(7)20-12)5-10(13(22)23)19-11(21)6-18/h1-4,10,20H,5-6,18H2,(H,19,21)(H,22,23). The number of nitrogens with one attached hydrogen (secondary N) is 2. The highest BCUT2D eigenvalue weighted by atomic mass is 19.4. The molecular formula is C14H14F3N3O3. The lowest BCUT2D eigenvalue weighted by Gasteiger charge is -2.15. The van der Waals surface area contributed by atoms with Crippen LogP contribution >= 0.6 is 0 Å². The number of carbonyl (C=O) groups excluding carboxylic acids is 1. The van der Waals surface area contributed by atoms with Crippen molar-refractivity contribution in [1.29, 1.82) is 0 Å². The quantitative estimate of drug-likeness (QED) is 0.662. The lowest BCUT2D eigenvalue weighted by Crippen LogP contribution is -2.45. The molecule has 1 unspecified atom stereocenters. The number of fused-ring (bicyclic) bond motifs is 1. The summed E-state index contributed by atoms with van der Waals surface area (Å²) in [4.78, 5) is 24.8. The summed E-state index contributed by atoms with van der Waals surface area (Å²) in [5, 5.41) is 11.5. The maximum Gasteiger partial charge on any atom is 0.431 e. The number of hydrogen-bond acceptors (Lipinski definition) is 3. The number of halogens is 3. The first-order valence-corrected chi connectivity index (χ1v) is 6.63. The zero-order chi connectivity index (χ0) is 17.2. The molecule has 23 heavy (non-hydrogen) atoms. The van der Waals surface area contributed by atoms with Gasteiger partial charge >= 0.3 is 12.1 Å². The Hall–Kier alpha value is -2.55. The van der Waals surface area contributed by atoms with E-state index in [0.29, 0.717) is 0 Å². The van der Waals surface area contributed by atoms with Gasteiger partial charge in [0.2, 0.25) is 5.91 Å². The molecular weight excluding hydrogens is 315 g/mol. The molecule has 1 aromatic carbocycles. The van der Waals surface area contributed by atoms with E-state index in [1.807, 2.05) is 0 Å². The van der Waals surface area contributed by atoms with Gasteiger partial charge in [-0.3, -0.25) is 4.79 Å². The van der Waals surface area contributed by atoms with Crippen molar-refractivity contribution < 1.29 is 27.9 Å². The van der Waals surface area contributed by atoms with E-state index < -0.39 is 42.8 Å². The highest BCUT2D eigenvalue weighted by molar-refractivity contribution is 5.88. The summed E-state index contributed by atoms with van der Waals surface area (Å²) in [6.07, 6.45) is -5.19. The summed E-state index contributed by atoms with van der Waals surface area (Å²) in [7, 11) is 0. The number of aromatic amines is 1. The first kappa shape index (κ1) is 16.8. The van der Waals surface area contributed by atoms with Gasteiger partial charge < -0.3 is 21.1 Å². The molecule has 2 rings (SSSR count). The third-order valence-electron chi connectivity index (χ3n) is 3.32. The number of para-hydroxylation sites is 1. The molecule has 0 saturated carbocycles. The molecule has 1 aromatic heterocycles. The molecule has 124 valence electrons. The van der Waals surface area contributed by atoms with Gasteiger partial charge in [-0.05, 0) is 11.6 Å². The lowest BCUT2D eigenvalue weighted by molar-refractivity contribution is -0.143. The maximum absolute atomic E-state index is 13.2. The number of H-pyrrole nitrogens is 1. The number of carbonyl (C=O) groups is 2. The number of alkyl halides is 3. The van der Waals surface area contributed by atoms with Gasteiger partial charge in [-0.2, -0.15) is 13.2 Å². The molecule has 0 aliphatic rings. The average molecular weight is 329 g/mol. The van der Waals surface area contributed by atoms with Crippen molar-refractivity contribution in [3.8, 4) is 0 Å². The van der Waals surface area contributed by atoms with Crippen molar-refractivity contribution in [3.63, 3.8) is 0 Å². The predicted molar refractivity (Wildman–Crippen MR) is 75.6 cm³/mol. The van der Waals surface area contributed by atoms with Crippen LogP contribution in [0.5, 0.6) is 0 Å². The molecule has 0 radical (unpaired) electrons. The molecule has 9 heteroatoms. The Bertz CT molecular complexity index is 740. The minimum atomic E-state index is -4.67. The summed E-state index contributed by atoms with van der Waals surface area (Å²) in [5.41, 5.74) is 4.10. The second-order valence-electron chi connectivity index (χ2n) is 4.89. The molecule has 1 amide bonds. The van der Waals surface area contributed by atoms with Crippen LogP contribution in [0.25, 0.3) is 10.9 Å². The van der Waals surface area contributed by atoms with E-state index in [1.165, 1.54) is 12.1 Å². The van der Waals surface area contributed by atoms with E-state index in [1.54, 1.807) is 12.1 Å². The number of hydrogen-bond donors (Lipinski definition) is 4. The molecule has 1 atom stereocenters. The second-order valence-corrected chi connectivity index (χ2v) is 4.89. The molecule has 2 aromatic rings. The van der Waals surface area contributed by atoms with Crippen molar-refractivity contribution in [1.82, 2.24) is 10.3 Å². The Balaban J connectivity index is 2.48. The van der Waals surface area contributed by atoms with Crippen LogP contribution < -0.4 is 11.1 Å². The Morgan fingerprint density at radius 1 is 1.30 bits per heavy atom. The Morgan fingerprint density at radius 2 is 1.96 bits per heavy atom. The maximum atomic E-state index is 13.2. The van der Waals surface area contributed by atoms with Gasteiger partial charge in [0, 0.05) is 17.3 Å². The highest BCUT2D eigenvalue weighted by Gasteiger charge is 2.37. The van der Waals surface area contributed by atoms with Gasteiger partial charge in [-0.25, -0.2) is 4.79 Å².